The summed E-state index contributed by atoms with van der Waals surface area (Å²) in [5, 5.41) is 3.63. The predicted molar refractivity (Wildman–Crippen MR) is 67.0 cm³/mol. The molecule has 2 rings (SSSR count). The quantitative estimate of drug-likeness (QED) is 0.844. The first-order valence-electron chi connectivity index (χ1n) is 6.25. The van der Waals surface area contributed by atoms with Crippen LogP contribution >= 0.6 is 0 Å². The van der Waals surface area contributed by atoms with Gasteiger partial charge < -0.3 is 10.1 Å². The van der Waals surface area contributed by atoms with Gasteiger partial charge in [0.25, 0.3) is 0 Å². The highest BCUT2D eigenvalue weighted by molar-refractivity contribution is 5.33. The first-order chi connectivity index (χ1) is 7.90. The van der Waals surface area contributed by atoms with E-state index in [1.54, 1.807) is 7.11 Å². The summed E-state index contributed by atoms with van der Waals surface area (Å²) in [6.07, 6.45) is 6.42. The number of para-hydroxylation sites is 1. The van der Waals surface area contributed by atoms with Crippen LogP contribution in [-0.2, 0) is 6.42 Å². The van der Waals surface area contributed by atoms with Crippen molar-refractivity contribution in [3.05, 3.63) is 29.8 Å². The Labute approximate surface area is 98.0 Å². The number of rotatable bonds is 3. The van der Waals surface area contributed by atoms with Crippen molar-refractivity contribution in [1.82, 2.24) is 5.32 Å². The van der Waals surface area contributed by atoms with Gasteiger partial charge >= 0.3 is 0 Å². The summed E-state index contributed by atoms with van der Waals surface area (Å²) < 4.78 is 5.39. The van der Waals surface area contributed by atoms with E-state index in [0.717, 1.165) is 12.2 Å². The van der Waals surface area contributed by atoms with Crippen LogP contribution in [-0.4, -0.2) is 19.7 Å². The molecule has 1 fully saturated rings. The summed E-state index contributed by atoms with van der Waals surface area (Å²) in [6, 6.07) is 8.97. The third-order valence-electron chi connectivity index (χ3n) is 3.32. The molecule has 0 saturated carbocycles. The molecule has 1 atom stereocenters. The summed E-state index contributed by atoms with van der Waals surface area (Å²) in [6.45, 7) is 1.17. The zero-order chi connectivity index (χ0) is 11.2. The number of benzene rings is 1. The van der Waals surface area contributed by atoms with E-state index in [2.05, 4.69) is 17.4 Å². The van der Waals surface area contributed by atoms with Crippen molar-refractivity contribution in [3.63, 3.8) is 0 Å². The lowest BCUT2D eigenvalue weighted by atomic mass is 10.0. The molecular formula is C14H21NO. The fourth-order valence-corrected chi connectivity index (χ4v) is 2.41. The second-order valence-electron chi connectivity index (χ2n) is 4.52. The summed E-state index contributed by atoms with van der Waals surface area (Å²) >= 11 is 0. The summed E-state index contributed by atoms with van der Waals surface area (Å²) in [4.78, 5) is 0. The molecule has 0 aliphatic carbocycles. The molecule has 0 unspecified atom stereocenters. The number of nitrogens with one attached hydrogen (secondary N) is 1. The topological polar surface area (TPSA) is 21.3 Å². The van der Waals surface area contributed by atoms with Gasteiger partial charge in [-0.2, -0.15) is 0 Å². The van der Waals surface area contributed by atoms with Gasteiger partial charge in [0.05, 0.1) is 7.11 Å². The fraction of sp³-hybridized carbons (Fsp3) is 0.571. The average molecular weight is 219 g/mol. The molecule has 1 aromatic rings. The molecule has 2 heteroatoms. The van der Waals surface area contributed by atoms with Crippen LogP contribution in [0.3, 0.4) is 0 Å². The summed E-state index contributed by atoms with van der Waals surface area (Å²) in [5.41, 5.74) is 1.32. The molecule has 0 amide bonds. The second-order valence-corrected chi connectivity index (χ2v) is 4.52. The third kappa shape index (κ3) is 2.99. The van der Waals surface area contributed by atoms with Gasteiger partial charge in [0, 0.05) is 6.04 Å². The molecule has 16 heavy (non-hydrogen) atoms. The van der Waals surface area contributed by atoms with Gasteiger partial charge in [0.15, 0.2) is 0 Å². The van der Waals surface area contributed by atoms with E-state index in [0.29, 0.717) is 6.04 Å². The lowest BCUT2D eigenvalue weighted by Crippen LogP contribution is -2.30. The standard InChI is InChI=1S/C14H21NO/c1-16-14-9-5-4-7-12(14)11-13-8-3-2-6-10-15-13/h4-5,7,9,13,15H,2-3,6,8,10-11H2,1H3/t13-/m0/s1. The van der Waals surface area contributed by atoms with Crippen LogP contribution in [0.2, 0.25) is 0 Å². The van der Waals surface area contributed by atoms with E-state index in [1.807, 2.05) is 12.1 Å². The van der Waals surface area contributed by atoms with Crippen molar-refractivity contribution >= 4 is 0 Å². The minimum absolute atomic E-state index is 0.624. The van der Waals surface area contributed by atoms with Gasteiger partial charge in [-0.1, -0.05) is 31.0 Å². The Balaban J connectivity index is 2.01. The molecular weight excluding hydrogens is 198 g/mol. The Bertz CT molecular complexity index is 316. The maximum Gasteiger partial charge on any atom is 0.122 e. The highest BCUT2D eigenvalue weighted by atomic mass is 16.5. The minimum atomic E-state index is 0.624. The van der Waals surface area contributed by atoms with Gasteiger partial charge in [-0.3, -0.25) is 0 Å². The predicted octanol–water partition coefficient (Wildman–Crippen LogP) is 2.77. The van der Waals surface area contributed by atoms with Gasteiger partial charge in [0.1, 0.15) is 5.75 Å². The smallest absolute Gasteiger partial charge is 0.122 e. The van der Waals surface area contributed by atoms with E-state index in [-0.39, 0.29) is 0 Å². The Kier molecular flexibility index (Phi) is 4.23. The Morgan fingerprint density at radius 1 is 1.25 bits per heavy atom. The Morgan fingerprint density at radius 3 is 3.00 bits per heavy atom. The molecule has 0 bridgehead atoms. The lowest BCUT2D eigenvalue weighted by Gasteiger charge is -2.17. The van der Waals surface area contributed by atoms with Crippen molar-refractivity contribution in [2.24, 2.45) is 0 Å². The fourth-order valence-electron chi connectivity index (χ4n) is 2.41. The number of hydrogen-bond acceptors (Lipinski definition) is 2. The lowest BCUT2D eigenvalue weighted by molar-refractivity contribution is 0.404. The van der Waals surface area contributed by atoms with Gasteiger partial charge in [-0.25, -0.2) is 0 Å². The molecule has 2 nitrogen and oxygen atoms in total. The molecule has 88 valence electrons. The maximum absolute atomic E-state index is 5.39. The zero-order valence-electron chi connectivity index (χ0n) is 10.0. The highest BCUT2D eigenvalue weighted by Crippen LogP contribution is 2.21. The van der Waals surface area contributed by atoms with Crippen LogP contribution in [0.4, 0.5) is 0 Å². The van der Waals surface area contributed by atoms with Crippen LogP contribution in [0.25, 0.3) is 0 Å². The second kappa shape index (κ2) is 5.90. The number of hydrogen-bond donors (Lipinski definition) is 1. The van der Waals surface area contributed by atoms with Crippen LogP contribution < -0.4 is 10.1 Å². The first-order valence-corrected chi connectivity index (χ1v) is 6.25. The Morgan fingerprint density at radius 2 is 2.12 bits per heavy atom. The van der Waals surface area contributed by atoms with E-state index in [9.17, 15) is 0 Å². The largest absolute Gasteiger partial charge is 0.496 e. The monoisotopic (exact) mass is 219 g/mol. The van der Waals surface area contributed by atoms with Crippen molar-refractivity contribution in [3.8, 4) is 5.75 Å². The van der Waals surface area contributed by atoms with E-state index < -0.39 is 0 Å². The van der Waals surface area contributed by atoms with E-state index in [1.165, 1.54) is 37.8 Å². The highest BCUT2D eigenvalue weighted by Gasteiger charge is 2.13. The molecule has 0 spiro atoms. The minimum Gasteiger partial charge on any atom is -0.496 e. The molecule has 1 aliphatic heterocycles. The maximum atomic E-state index is 5.39. The van der Waals surface area contributed by atoms with Crippen LogP contribution in [0.5, 0.6) is 5.75 Å². The van der Waals surface area contributed by atoms with Crippen molar-refractivity contribution in [2.75, 3.05) is 13.7 Å². The third-order valence-corrected chi connectivity index (χ3v) is 3.32. The summed E-state index contributed by atoms with van der Waals surface area (Å²) in [5.74, 6) is 1.02. The molecule has 1 aromatic carbocycles. The molecule has 1 heterocycles. The van der Waals surface area contributed by atoms with E-state index >= 15 is 0 Å². The van der Waals surface area contributed by atoms with E-state index in [4.69, 9.17) is 4.74 Å². The van der Waals surface area contributed by atoms with Crippen molar-refractivity contribution < 1.29 is 4.74 Å². The average Bonchev–Trinajstić information content (AvgIpc) is 2.58. The van der Waals surface area contributed by atoms with Crippen molar-refractivity contribution in [2.45, 2.75) is 38.1 Å². The molecule has 1 saturated heterocycles. The summed E-state index contributed by atoms with van der Waals surface area (Å²) in [7, 11) is 1.75. The number of ether oxygens (including phenoxy) is 1. The van der Waals surface area contributed by atoms with Crippen LogP contribution in [0.15, 0.2) is 24.3 Å². The SMILES string of the molecule is COc1ccccc1C[C@@H]1CCCCCN1. The zero-order valence-corrected chi connectivity index (χ0v) is 10.0. The Hall–Kier alpha value is -1.02. The molecule has 0 radical (unpaired) electrons. The first kappa shape index (κ1) is 11.5. The van der Waals surface area contributed by atoms with Crippen molar-refractivity contribution in [1.29, 1.82) is 0 Å². The van der Waals surface area contributed by atoms with Crippen LogP contribution in [0.1, 0.15) is 31.2 Å². The van der Waals surface area contributed by atoms with Gasteiger partial charge in [-0.05, 0) is 37.4 Å². The van der Waals surface area contributed by atoms with Gasteiger partial charge in [0.2, 0.25) is 0 Å². The molecule has 1 aliphatic rings. The normalized spacial score (nSPS) is 21.4. The molecule has 0 aromatic heterocycles. The van der Waals surface area contributed by atoms with Crippen LogP contribution in [0, 0.1) is 0 Å². The number of methoxy groups -OCH3 is 1. The molecule has 1 N–H and O–H groups in total. The van der Waals surface area contributed by atoms with Gasteiger partial charge in [-0.15, -0.1) is 0 Å².